The van der Waals surface area contributed by atoms with Crippen LogP contribution in [0.25, 0.3) is 0 Å². The molecule has 0 radical (unpaired) electrons. The number of carbonyl (C=O) groups excluding carboxylic acids is 1. The van der Waals surface area contributed by atoms with Gasteiger partial charge in [0.1, 0.15) is 0 Å². The topological polar surface area (TPSA) is 46.3 Å². The van der Waals surface area contributed by atoms with Crippen LogP contribution < -0.4 is 5.73 Å². The summed E-state index contributed by atoms with van der Waals surface area (Å²) in [4.78, 5) is 15.0. The Bertz CT molecular complexity index is 375. The minimum absolute atomic E-state index is 0. The van der Waals surface area contributed by atoms with Crippen LogP contribution in [0.1, 0.15) is 12.8 Å². The Kier molecular flexibility index (Phi) is 6.54. The highest BCUT2D eigenvalue weighted by molar-refractivity contribution is 8.00. The van der Waals surface area contributed by atoms with Gasteiger partial charge in [-0.05, 0) is 25.0 Å². The van der Waals surface area contributed by atoms with E-state index in [0.29, 0.717) is 12.3 Å². The Morgan fingerprint density at radius 1 is 1.39 bits per heavy atom. The SMILES string of the molecule is Cl.NC1CCCN(C(=O)CSc2ccccc2)C1. The van der Waals surface area contributed by atoms with E-state index in [4.69, 9.17) is 5.73 Å². The third kappa shape index (κ3) is 4.52. The number of amides is 1. The lowest BCUT2D eigenvalue weighted by molar-refractivity contribution is -0.129. The second-order valence-electron chi connectivity index (χ2n) is 4.34. The standard InChI is InChI=1S/C13H18N2OS.ClH/c14-11-5-4-8-15(9-11)13(16)10-17-12-6-2-1-3-7-12;/h1-3,6-7,11H,4-5,8-10,14H2;1H. The van der Waals surface area contributed by atoms with Gasteiger partial charge in [-0.2, -0.15) is 0 Å². The van der Waals surface area contributed by atoms with Gasteiger partial charge in [0.25, 0.3) is 0 Å². The van der Waals surface area contributed by atoms with Crippen molar-refractivity contribution in [1.29, 1.82) is 0 Å². The number of hydrogen-bond donors (Lipinski definition) is 1. The second-order valence-corrected chi connectivity index (χ2v) is 5.39. The molecule has 1 aromatic carbocycles. The number of benzene rings is 1. The van der Waals surface area contributed by atoms with Gasteiger partial charge >= 0.3 is 0 Å². The minimum atomic E-state index is 0. The molecule has 3 nitrogen and oxygen atoms in total. The Morgan fingerprint density at radius 3 is 2.78 bits per heavy atom. The van der Waals surface area contributed by atoms with Crippen molar-refractivity contribution in [3.8, 4) is 0 Å². The maximum Gasteiger partial charge on any atom is 0.232 e. The molecule has 1 amide bonds. The fourth-order valence-electron chi connectivity index (χ4n) is 1.99. The average molecular weight is 287 g/mol. The molecular formula is C13H19ClN2OS. The van der Waals surface area contributed by atoms with E-state index in [1.54, 1.807) is 11.8 Å². The molecule has 1 aliphatic rings. The maximum absolute atomic E-state index is 12.0. The van der Waals surface area contributed by atoms with Crippen molar-refractivity contribution in [3.05, 3.63) is 30.3 Å². The first-order chi connectivity index (χ1) is 8.25. The van der Waals surface area contributed by atoms with Crippen molar-refractivity contribution < 1.29 is 4.79 Å². The first-order valence-corrected chi connectivity index (χ1v) is 6.95. The highest BCUT2D eigenvalue weighted by Gasteiger charge is 2.20. The van der Waals surface area contributed by atoms with E-state index in [0.717, 1.165) is 24.3 Å². The molecule has 0 aliphatic carbocycles. The number of carbonyl (C=O) groups is 1. The van der Waals surface area contributed by atoms with Gasteiger partial charge in [0.2, 0.25) is 5.91 Å². The molecule has 0 aromatic heterocycles. The maximum atomic E-state index is 12.0. The summed E-state index contributed by atoms with van der Waals surface area (Å²) in [6, 6.07) is 10.2. The molecule has 1 saturated heterocycles. The summed E-state index contributed by atoms with van der Waals surface area (Å²) in [5.41, 5.74) is 5.87. The lowest BCUT2D eigenvalue weighted by Gasteiger charge is -2.30. The van der Waals surface area contributed by atoms with Gasteiger partial charge in [0, 0.05) is 24.0 Å². The number of rotatable bonds is 3. The van der Waals surface area contributed by atoms with Gasteiger partial charge in [-0.3, -0.25) is 4.79 Å². The van der Waals surface area contributed by atoms with Crippen LogP contribution in [0.4, 0.5) is 0 Å². The smallest absolute Gasteiger partial charge is 0.232 e. The molecule has 100 valence electrons. The molecule has 18 heavy (non-hydrogen) atoms. The van der Waals surface area contributed by atoms with Gasteiger partial charge in [0.15, 0.2) is 0 Å². The van der Waals surface area contributed by atoms with Crippen LogP contribution in [0.5, 0.6) is 0 Å². The minimum Gasteiger partial charge on any atom is -0.340 e. The highest BCUT2D eigenvalue weighted by Crippen LogP contribution is 2.18. The van der Waals surface area contributed by atoms with Crippen LogP contribution in [0.2, 0.25) is 0 Å². The average Bonchev–Trinajstić information content (AvgIpc) is 2.37. The molecule has 2 rings (SSSR count). The van der Waals surface area contributed by atoms with E-state index in [1.807, 2.05) is 35.2 Å². The summed E-state index contributed by atoms with van der Waals surface area (Å²) in [7, 11) is 0. The lowest BCUT2D eigenvalue weighted by atomic mass is 10.1. The number of hydrogen-bond acceptors (Lipinski definition) is 3. The van der Waals surface area contributed by atoms with Crippen molar-refractivity contribution in [1.82, 2.24) is 4.90 Å². The number of piperidine rings is 1. The number of likely N-dealkylation sites (tertiary alicyclic amines) is 1. The molecule has 1 heterocycles. The van der Waals surface area contributed by atoms with Crippen LogP contribution in [-0.2, 0) is 4.79 Å². The van der Waals surface area contributed by atoms with Gasteiger partial charge < -0.3 is 10.6 Å². The number of nitrogens with two attached hydrogens (primary N) is 1. The van der Waals surface area contributed by atoms with Gasteiger partial charge in [-0.1, -0.05) is 18.2 Å². The molecule has 0 bridgehead atoms. The van der Waals surface area contributed by atoms with Crippen molar-refractivity contribution in [2.45, 2.75) is 23.8 Å². The zero-order valence-electron chi connectivity index (χ0n) is 10.2. The fourth-order valence-corrected chi connectivity index (χ4v) is 2.81. The first-order valence-electron chi connectivity index (χ1n) is 5.97. The van der Waals surface area contributed by atoms with Crippen molar-refractivity contribution in [2.24, 2.45) is 5.73 Å². The van der Waals surface area contributed by atoms with Crippen LogP contribution in [0.15, 0.2) is 35.2 Å². The van der Waals surface area contributed by atoms with Crippen molar-refractivity contribution >= 4 is 30.1 Å². The first kappa shape index (κ1) is 15.3. The summed E-state index contributed by atoms with van der Waals surface area (Å²) in [6.45, 7) is 1.58. The molecule has 2 N–H and O–H groups in total. The number of halogens is 1. The quantitative estimate of drug-likeness (QED) is 0.866. The Balaban J connectivity index is 0.00000162. The number of nitrogens with zero attached hydrogens (tertiary/aromatic N) is 1. The zero-order chi connectivity index (χ0) is 12.1. The highest BCUT2D eigenvalue weighted by atomic mass is 35.5. The van der Waals surface area contributed by atoms with E-state index in [9.17, 15) is 4.79 Å². The summed E-state index contributed by atoms with van der Waals surface area (Å²) in [6.07, 6.45) is 2.07. The van der Waals surface area contributed by atoms with E-state index >= 15 is 0 Å². The van der Waals surface area contributed by atoms with Gasteiger partial charge in [-0.15, -0.1) is 24.2 Å². The van der Waals surface area contributed by atoms with Crippen molar-refractivity contribution in [2.75, 3.05) is 18.8 Å². The molecule has 1 unspecified atom stereocenters. The molecule has 1 atom stereocenters. The number of thioether (sulfide) groups is 1. The van der Waals surface area contributed by atoms with Crippen LogP contribution in [-0.4, -0.2) is 35.7 Å². The van der Waals surface area contributed by atoms with E-state index < -0.39 is 0 Å². The Morgan fingerprint density at radius 2 is 2.11 bits per heavy atom. The monoisotopic (exact) mass is 286 g/mol. The lowest BCUT2D eigenvalue weighted by Crippen LogP contribution is -2.46. The fraction of sp³-hybridized carbons (Fsp3) is 0.462. The Labute approximate surface area is 119 Å². The van der Waals surface area contributed by atoms with E-state index in [2.05, 4.69) is 0 Å². The van der Waals surface area contributed by atoms with Gasteiger partial charge in [-0.25, -0.2) is 0 Å². The normalized spacial score (nSPS) is 19.2. The molecule has 1 aliphatic heterocycles. The van der Waals surface area contributed by atoms with E-state index in [1.165, 1.54) is 0 Å². The largest absolute Gasteiger partial charge is 0.340 e. The summed E-state index contributed by atoms with van der Waals surface area (Å²) in [5.74, 6) is 0.713. The van der Waals surface area contributed by atoms with Gasteiger partial charge in [0.05, 0.1) is 5.75 Å². The zero-order valence-corrected chi connectivity index (χ0v) is 11.9. The molecule has 0 saturated carbocycles. The van der Waals surface area contributed by atoms with Crippen LogP contribution >= 0.6 is 24.2 Å². The molecule has 1 aromatic rings. The summed E-state index contributed by atoms with van der Waals surface area (Å²) < 4.78 is 0. The third-order valence-electron chi connectivity index (χ3n) is 2.92. The summed E-state index contributed by atoms with van der Waals surface area (Å²) in [5, 5.41) is 0. The molecular weight excluding hydrogens is 268 g/mol. The predicted octanol–water partition coefficient (Wildman–Crippen LogP) is 2.15. The second kappa shape index (κ2) is 7.67. The van der Waals surface area contributed by atoms with Crippen LogP contribution in [0.3, 0.4) is 0 Å². The molecule has 1 fully saturated rings. The Hall–Kier alpha value is -0.710. The molecule has 5 heteroatoms. The summed E-state index contributed by atoms with van der Waals surface area (Å²) >= 11 is 1.59. The van der Waals surface area contributed by atoms with E-state index in [-0.39, 0.29) is 24.4 Å². The third-order valence-corrected chi connectivity index (χ3v) is 3.91. The van der Waals surface area contributed by atoms with Crippen LogP contribution in [0, 0.1) is 0 Å². The molecule has 0 spiro atoms. The predicted molar refractivity (Wildman–Crippen MR) is 78.2 cm³/mol. The van der Waals surface area contributed by atoms with Crippen molar-refractivity contribution in [3.63, 3.8) is 0 Å².